The molecule has 2 aliphatic carbocycles. The highest BCUT2D eigenvalue weighted by molar-refractivity contribution is 5.76. The molecular weight excluding hydrogens is 414 g/mol. The number of aliphatic hydroxyl groups is 2. The SMILES string of the molecule is Cc1cccc(C[C@H](O)C=C[C@@H]2[C@H]3CC(COCCC(=O)N4CCCCC4)=C[C@H]3C[C@H]2O)c1. The van der Waals surface area contributed by atoms with Crippen molar-refractivity contribution in [3.05, 3.63) is 59.2 Å². The molecule has 1 aromatic rings. The van der Waals surface area contributed by atoms with Gasteiger partial charge in [0.2, 0.25) is 5.91 Å². The van der Waals surface area contributed by atoms with Gasteiger partial charge in [0.25, 0.3) is 0 Å². The van der Waals surface area contributed by atoms with E-state index >= 15 is 0 Å². The number of aryl methyl sites for hydroxylation is 1. The van der Waals surface area contributed by atoms with E-state index in [1.54, 1.807) is 0 Å². The van der Waals surface area contributed by atoms with Crippen molar-refractivity contribution in [2.24, 2.45) is 17.8 Å². The largest absolute Gasteiger partial charge is 0.392 e. The van der Waals surface area contributed by atoms with E-state index in [4.69, 9.17) is 4.74 Å². The monoisotopic (exact) mass is 453 g/mol. The minimum Gasteiger partial charge on any atom is -0.392 e. The van der Waals surface area contributed by atoms with Crippen LogP contribution in [0.2, 0.25) is 0 Å². The number of allylic oxidation sites excluding steroid dienone is 1. The molecule has 33 heavy (non-hydrogen) atoms. The van der Waals surface area contributed by atoms with E-state index in [0.717, 1.165) is 44.3 Å². The number of likely N-dealkylation sites (tertiary alicyclic amines) is 1. The van der Waals surface area contributed by atoms with Crippen LogP contribution in [0.25, 0.3) is 0 Å². The molecule has 2 fully saturated rings. The molecule has 2 N–H and O–H groups in total. The topological polar surface area (TPSA) is 70.0 Å². The highest BCUT2D eigenvalue weighted by Crippen LogP contribution is 2.47. The van der Waals surface area contributed by atoms with Gasteiger partial charge in [-0.1, -0.05) is 48.1 Å². The normalized spacial score (nSPS) is 28.2. The van der Waals surface area contributed by atoms with E-state index in [1.165, 1.54) is 17.6 Å². The lowest BCUT2D eigenvalue weighted by Crippen LogP contribution is -2.36. The summed E-state index contributed by atoms with van der Waals surface area (Å²) in [4.78, 5) is 14.2. The Morgan fingerprint density at radius 3 is 2.88 bits per heavy atom. The van der Waals surface area contributed by atoms with Crippen molar-refractivity contribution in [2.45, 2.75) is 64.1 Å². The first kappa shape index (κ1) is 24.2. The van der Waals surface area contributed by atoms with Gasteiger partial charge in [0, 0.05) is 25.4 Å². The Morgan fingerprint density at radius 2 is 2.09 bits per heavy atom. The first-order chi connectivity index (χ1) is 16.0. The number of rotatable bonds is 9. The van der Waals surface area contributed by atoms with Crippen molar-refractivity contribution in [3.8, 4) is 0 Å². The molecule has 1 aromatic carbocycles. The highest BCUT2D eigenvalue weighted by Gasteiger charge is 2.43. The molecule has 1 amide bonds. The van der Waals surface area contributed by atoms with Gasteiger partial charge in [-0.2, -0.15) is 0 Å². The van der Waals surface area contributed by atoms with Crippen LogP contribution in [0.5, 0.6) is 0 Å². The molecule has 4 rings (SSSR count). The molecule has 1 aliphatic heterocycles. The summed E-state index contributed by atoms with van der Waals surface area (Å²) in [6, 6.07) is 8.22. The number of fused-ring (bicyclic) bond motifs is 1. The van der Waals surface area contributed by atoms with E-state index in [9.17, 15) is 15.0 Å². The van der Waals surface area contributed by atoms with E-state index in [2.05, 4.69) is 25.1 Å². The zero-order valence-electron chi connectivity index (χ0n) is 19.9. The van der Waals surface area contributed by atoms with Crippen LogP contribution in [-0.4, -0.2) is 59.5 Å². The van der Waals surface area contributed by atoms with Gasteiger partial charge in [0.15, 0.2) is 0 Å². The Hall–Kier alpha value is -1.95. The van der Waals surface area contributed by atoms with E-state index < -0.39 is 6.10 Å². The van der Waals surface area contributed by atoms with Crippen molar-refractivity contribution in [1.82, 2.24) is 4.90 Å². The molecule has 1 saturated carbocycles. The second kappa shape index (κ2) is 11.5. The Morgan fingerprint density at radius 1 is 1.27 bits per heavy atom. The molecule has 0 unspecified atom stereocenters. The molecule has 0 bridgehead atoms. The number of benzene rings is 1. The fraction of sp³-hybridized carbons (Fsp3) is 0.607. The van der Waals surface area contributed by atoms with Gasteiger partial charge in [-0.25, -0.2) is 0 Å². The van der Waals surface area contributed by atoms with Gasteiger partial charge in [0.05, 0.1) is 31.8 Å². The third-order valence-electron chi connectivity index (χ3n) is 7.49. The predicted molar refractivity (Wildman–Crippen MR) is 130 cm³/mol. The van der Waals surface area contributed by atoms with Crippen LogP contribution < -0.4 is 0 Å². The van der Waals surface area contributed by atoms with Crippen LogP contribution in [-0.2, 0) is 16.0 Å². The lowest BCUT2D eigenvalue weighted by Gasteiger charge is -2.26. The minimum atomic E-state index is -0.548. The molecule has 1 heterocycles. The van der Waals surface area contributed by atoms with Crippen molar-refractivity contribution in [1.29, 1.82) is 0 Å². The highest BCUT2D eigenvalue weighted by atomic mass is 16.5. The second-order valence-electron chi connectivity index (χ2n) is 10.1. The Labute approximate surface area is 198 Å². The van der Waals surface area contributed by atoms with E-state index in [0.29, 0.717) is 37.9 Å². The van der Waals surface area contributed by atoms with Gasteiger partial charge < -0.3 is 19.8 Å². The van der Waals surface area contributed by atoms with Crippen molar-refractivity contribution < 1.29 is 19.7 Å². The van der Waals surface area contributed by atoms with Gasteiger partial charge >= 0.3 is 0 Å². The standard InChI is InChI=1S/C28H39NO4/c1-20-6-5-7-21(14-20)16-24(30)8-9-25-26-17-22(15-23(26)18-27(25)31)19-33-13-10-28(32)29-11-3-2-4-12-29/h5-9,14-15,23-27,30-31H,2-4,10-13,16-19H2,1H3/t23-,24+,25+,26-,27+/m0/s1. The fourth-order valence-electron chi connectivity index (χ4n) is 5.78. The van der Waals surface area contributed by atoms with Crippen molar-refractivity contribution >= 4 is 5.91 Å². The number of hydrogen-bond acceptors (Lipinski definition) is 4. The number of nitrogens with zero attached hydrogens (tertiary/aromatic N) is 1. The van der Waals surface area contributed by atoms with Crippen LogP contribution >= 0.6 is 0 Å². The van der Waals surface area contributed by atoms with Gasteiger partial charge in [0.1, 0.15) is 0 Å². The average molecular weight is 454 g/mol. The number of ether oxygens (including phenoxy) is 1. The van der Waals surface area contributed by atoms with Crippen LogP contribution in [0, 0.1) is 24.7 Å². The summed E-state index contributed by atoms with van der Waals surface area (Å²) >= 11 is 0. The van der Waals surface area contributed by atoms with Crippen molar-refractivity contribution in [2.75, 3.05) is 26.3 Å². The van der Waals surface area contributed by atoms with Gasteiger partial charge in [-0.3, -0.25) is 4.79 Å². The number of hydrogen-bond donors (Lipinski definition) is 2. The molecule has 180 valence electrons. The summed E-state index contributed by atoms with van der Waals surface area (Å²) in [5, 5.41) is 21.1. The maximum atomic E-state index is 12.3. The smallest absolute Gasteiger partial charge is 0.224 e. The first-order valence-corrected chi connectivity index (χ1v) is 12.6. The molecule has 5 heteroatoms. The third-order valence-corrected chi connectivity index (χ3v) is 7.49. The maximum Gasteiger partial charge on any atom is 0.224 e. The number of carbonyl (C=O) groups is 1. The lowest BCUT2D eigenvalue weighted by molar-refractivity contribution is -0.133. The average Bonchev–Trinajstić information content (AvgIpc) is 3.32. The molecule has 0 aromatic heterocycles. The maximum absolute atomic E-state index is 12.3. The summed E-state index contributed by atoms with van der Waals surface area (Å²) in [6.07, 6.45) is 11.5. The summed E-state index contributed by atoms with van der Waals surface area (Å²) in [5.41, 5.74) is 3.60. The molecule has 0 spiro atoms. The van der Waals surface area contributed by atoms with Gasteiger partial charge in [-0.05, 0) is 62.0 Å². The summed E-state index contributed by atoms with van der Waals surface area (Å²) in [5.74, 6) is 1.02. The fourth-order valence-corrected chi connectivity index (χ4v) is 5.78. The van der Waals surface area contributed by atoms with E-state index in [-0.39, 0.29) is 17.9 Å². The number of aliphatic hydroxyl groups excluding tert-OH is 2. The molecule has 1 saturated heterocycles. The summed E-state index contributed by atoms with van der Waals surface area (Å²) in [6.45, 7) is 4.89. The lowest BCUT2D eigenvalue weighted by atomic mass is 9.89. The Kier molecular flexibility index (Phi) is 8.39. The van der Waals surface area contributed by atoms with Gasteiger partial charge in [-0.15, -0.1) is 0 Å². The van der Waals surface area contributed by atoms with Crippen LogP contribution in [0.15, 0.2) is 48.1 Å². The molecule has 3 aliphatic rings. The number of amides is 1. The third kappa shape index (κ3) is 6.56. The number of piperidine rings is 1. The van der Waals surface area contributed by atoms with E-state index in [1.807, 2.05) is 29.2 Å². The molecule has 5 atom stereocenters. The summed E-state index contributed by atoms with van der Waals surface area (Å²) in [7, 11) is 0. The van der Waals surface area contributed by atoms with Crippen LogP contribution in [0.3, 0.4) is 0 Å². The quantitative estimate of drug-likeness (QED) is 0.441. The Balaban J connectivity index is 1.21. The number of carbonyl (C=O) groups excluding carboxylic acids is 1. The second-order valence-corrected chi connectivity index (χ2v) is 10.1. The predicted octanol–water partition coefficient (Wildman–Crippen LogP) is 3.82. The zero-order chi connectivity index (χ0) is 23.2. The Bertz CT molecular complexity index is 857. The van der Waals surface area contributed by atoms with Crippen LogP contribution in [0.4, 0.5) is 0 Å². The summed E-state index contributed by atoms with van der Waals surface area (Å²) < 4.78 is 5.84. The van der Waals surface area contributed by atoms with Crippen LogP contribution in [0.1, 0.15) is 49.7 Å². The molecular formula is C28H39NO4. The molecule has 5 nitrogen and oxygen atoms in total. The molecule has 0 radical (unpaired) electrons. The van der Waals surface area contributed by atoms with Crippen molar-refractivity contribution in [3.63, 3.8) is 0 Å². The zero-order valence-corrected chi connectivity index (χ0v) is 19.9. The first-order valence-electron chi connectivity index (χ1n) is 12.6. The minimum absolute atomic E-state index is 0.0663.